The first-order valence-electron chi connectivity index (χ1n) is 6.48. The number of carbonyl (C=O) groups is 2. The van der Waals surface area contributed by atoms with Crippen molar-refractivity contribution in [2.75, 3.05) is 6.54 Å². The van der Waals surface area contributed by atoms with Crippen LogP contribution in [0.25, 0.3) is 0 Å². The first-order valence-corrected chi connectivity index (χ1v) is 6.48. The van der Waals surface area contributed by atoms with Gasteiger partial charge in [-0.15, -0.1) is 0 Å². The molecule has 1 saturated heterocycles. The predicted molar refractivity (Wildman–Crippen MR) is 65.0 cm³/mol. The van der Waals surface area contributed by atoms with Gasteiger partial charge >= 0.3 is 0 Å². The van der Waals surface area contributed by atoms with E-state index in [4.69, 9.17) is 5.73 Å². The monoisotopic (exact) mass is 238 g/mol. The Bertz CT molecular complexity index is 325. The number of hydrogen-bond acceptors (Lipinski definition) is 3. The van der Waals surface area contributed by atoms with Gasteiger partial charge in [-0.2, -0.15) is 0 Å². The second-order valence-electron chi connectivity index (χ2n) is 6.08. The molecular weight excluding hydrogens is 216 g/mol. The van der Waals surface area contributed by atoms with E-state index in [9.17, 15) is 9.59 Å². The fraction of sp³-hybridized carbons (Fsp3) is 0.846. The molecule has 2 aliphatic rings. The highest BCUT2D eigenvalue weighted by molar-refractivity contribution is 6.10. The van der Waals surface area contributed by atoms with Gasteiger partial charge < -0.3 is 5.73 Å². The van der Waals surface area contributed by atoms with Gasteiger partial charge in [-0.05, 0) is 25.2 Å². The molecule has 0 aromatic rings. The maximum absolute atomic E-state index is 12.0. The van der Waals surface area contributed by atoms with Gasteiger partial charge in [0.1, 0.15) is 0 Å². The number of imide groups is 1. The summed E-state index contributed by atoms with van der Waals surface area (Å²) < 4.78 is 0. The van der Waals surface area contributed by atoms with Gasteiger partial charge in [0.05, 0.1) is 11.8 Å². The maximum atomic E-state index is 12.0. The van der Waals surface area contributed by atoms with Gasteiger partial charge in [-0.3, -0.25) is 14.5 Å². The van der Waals surface area contributed by atoms with E-state index in [0.717, 1.165) is 19.3 Å². The van der Waals surface area contributed by atoms with E-state index in [1.54, 1.807) is 0 Å². The fourth-order valence-corrected chi connectivity index (χ4v) is 2.96. The Hall–Kier alpha value is -0.900. The Labute approximate surface area is 103 Å². The van der Waals surface area contributed by atoms with Crippen LogP contribution in [-0.2, 0) is 9.59 Å². The first kappa shape index (κ1) is 12.6. The molecule has 0 spiro atoms. The van der Waals surface area contributed by atoms with Gasteiger partial charge in [-0.25, -0.2) is 0 Å². The summed E-state index contributed by atoms with van der Waals surface area (Å²) in [6, 6.07) is 0.201. The third-order valence-electron chi connectivity index (χ3n) is 4.18. The molecule has 0 bridgehead atoms. The van der Waals surface area contributed by atoms with Crippen molar-refractivity contribution in [1.29, 1.82) is 0 Å². The number of piperidine rings is 1. The van der Waals surface area contributed by atoms with Crippen LogP contribution in [0.1, 0.15) is 40.0 Å². The first-order chi connectivity index (χ1) is 7.87. The Kier molecular flexibility index (Phi) is 3.02. The SMILES string of the molecule is CC(N)CCCCN1C(=O)C2C(C1=O)C2(C)C. The topological polar surface area (TPSA) is 63.4 Å². The highest BCUT2D eigenvalue weighted by Gasteiger charge is 2.72. The summed E-state index contributed by atoms with van der Waals surface area (Å²) in [5, 5.41) is 0. The average Bonchev–Trinajstić information content (AvgIpc) is 2.68. The number of hydrogen-bond donors (Lipinski definition) is 1. The second-order valence-corrected chi connectivity index (χ2v) is 6.08. The Morgan fingerprint density at radius 1 is 1.24 bits per heavy atom. The standard InChI is InChI=1S/C13H22N2O2/c1-8(14)6-4-5-7-15-11(16)9-10(12(15)17)13(9,2)3/h8-10H,4-7,14H2,1-3H3. The molecule has 1 saturated carbocycles. The average molecular weight is 238 g/mol. The van der Waals surface area contributed by atoms with Crippen molar-refractivity contribution >= 4 is 11.8 Å². The van der Waals surface area contributed by atoms with E-state index >= 15 is 0 Å². The smallest absolute Gasteiger partial charge is 0.233 e. The normalized spacial score (nSPS) is 31.6. The number of likely N-dealkylation sites (tertiary alicyclic amines) is 1. The van der Waals surface area contributed by atoms with Gasteiger partial charge in [0.25, 0.3) is 0 Å². The molecule has 4 nitrogen and oxygen atoms in total. The van der Waals surface area contributed by atoms with E-state index in [1.165, 1.54) is 4.90 Å². The lowest BCUT2D eigenvalue weighted by Crippen LogP contribution is -2.37. The summed E-state index contributed by atoms with van der Waals surface area (Å²) in [5.74, 6) is 0.0171. The van der Waals surface area contributed by atoms with Crippen LogP contribution in [0.3, 0.4) is 0 Å². The Morgan fingerprint density at radius 2 is 1.76 bits per heavy atom. The Morgan fingerprint density at radius 3 is 2.24 bits per heavy atom. The Balaban J connectivity index is 1.81. The van der Waals surface area contributed by atoms with E-state index < -0.39 is 0 Å². The minimum atomic E-state index is -0.0869. The van der Waals surface area contributed by atoms with Crippen LogP contribution in [0.15, 0.2) is 0 Å². The van der Waals surface area contributed by atoms with Crippen molar-refractivity contribution in [2.24, 2.45) is 23.0 Å². The highest BCUT2D eigenvalue weighted by atomic mass is 16.2. The molecule has 96 valence electrons. The number of unbranched alkanes of at least 4 members (excludes halogenated alkanes) is 1. The molecule has 1 aliphatic carbocycles. The number of fused-ring (bicyclic) bond motifs is 1. The molecule has 1 aliphatic heterocycles. The predicted octanol–water partition coefficient (Wildman–Crippen LogP) is 1.14. The summed E-state index contributed by atoms with van der Waals surface area (Å²) in [7, 11) is 0. The number of carbonyl (C=O) groups excluding carboxylic acids is 2. The highest BCUT2D eigenvalue weighted by Crippen LogP contribution is 2.63. The van der Waals surface area contributed by atoms with E-state index in [-0.39, 0.29) is 35.1 Å². The van der Waals surface area contributed by atoms with Crippen LogP contribution in [0.4, 0.5) is 0 Å². The molecule has 17 heavy (non-hydrogen) atoms. The van der Waals surface area contributed by atoms with Gasteiger partial charge in [0.15, 0.2) is 0 Å². The van der Waals surface area contributed by atoms with Crippen LogP contribution < -0.4 is 5.73 Å². The second kappa shape index (κ2) is 4.09. The lowest BCUT2D eigenvalue weighted by molar-refractivity contribution is -0.143. The maximum Gasteiger partial charge on any atom is 0.233 e. The number of nitrogens with two attached hydrogens (primary N) is 1. The molecule has 2 fully saturated rings. The molecule has 0 radical (unpaired) electrons. The van der Waals surface area contributed by atoms with Crippen molar-refractivity contribution in [3.63, 3.8) is 0 Å². The van der Waals surface area contributed by atoms with Crippen molar-refractivity contribution < 1.29 is 9.59 Å². The number of nitrogens with zero attached hydrogens (tertiary/aromatic N) is 1. The fourth-order valence-electron chi connectivity index (χ4n) is 2.96. The molecule has 2 amide bonds. The number of rotatable bonds is 5. The molecule has 3 atom stereocenters. The molecule has 3 unspecified atom stereocenters. The van der Waals surface area contributed by atoms with E-state index in [0.29, 0.717) is 6.54 Å². The minimum absolute atomic E-state index is 0.0385. The number of amides is 2. The van der Waals surface area contributed by atoms with Crippen molar-refractivity contribution in [3.05, 3.63) is 0 Å². The van der Waals surface area contributed by atoms with E-state index in [2.05, 4.69) is 0 Å². The third-order valence-corrected chi connectivity index (χ3v) is 4.18. The van der Waals surface area contributed by atoms with Crippen molar-refractivity contribution in [1.82, 2.24) is 4.90 Å². The molecule has 4 heteroatoms. The quantitative estimate of drug-likeness (QED) is 0.577. The lowest BCUT2D eigenvalue weighted by Gasteiger charge is -2.20. The van der Waals surface area contributed by atoms with Gasteiger partial charge in [0, 0.05) is 12.6 Å². The zero-order chi connectivity index (χ0) is 12.8. The molecule has 1 heterocycles. The third kappa shape index (κ3) is 1.99. The summed E-state index contributed by atoms with van der Waals surface area (Å²) in [5.41, 5.74) is 5.57. The molecule has 2 N–H and O–H groups in total. The van der Waals surface area contributed by atoms with Crippen LogP contribution in [0.2, 0.25) is 0 Å². The van der Waals surface area contributed by atoms with Gasteiger partial charge in [0.2, 0.25) is 11.8 Å². The zero-order valence-corrected chi connectivity index (χ0v) is 10.9. The molecular formula is C13H22N2O2. The summed E-state index contributed by atoms with van der Waals surface area (Å²) in [6.45, 7) is 6.56. The van der Waals surface area contributed by atoms with Crippen molar-refractivity contribution in [2.45, 2.75) is 46.1 Å². The van der Waals surface area contributed by atoms with Crippen molar-refractivity contribution in [3.8, 4) is 0 Å². The molecule has 0 aromatic carbocycles. The van der Waals surface area contributed by atoms with Crippen LogP contribution >= 0.6 is 0 Å². The lowest BCUT2D eigenvalue weighted by atomic mass is 10.1. The molecule has 0 aromatic heterocycles. The summed E-state index contributed by atoms with van der Waals surface area (Å²) >= 11 is 0. The zero-order valence-electron chi connectivity index (χ0n) is 10.9. The summed E-state index contributed by atoms with van der Waals surface area (Å²) in [6.07, 6.45) is 2.81. The largest absolute Gasteiger partial charge is 0.328 e. The minimum Gasteiger partial charge on any atom is -0.328 e. The van der Waals surface area contributed by atoms with Crippen LogP contribution in [0, 0.1) is 17.3 Å². The van der Waals surface area contributed by atoms with E-state index in [1.807, 2.05) is 20.8 Å². The van der Waals surface area contributed by atoms with Gasteiger partial charge in [-0.1, -0.05) is 20.3 Å². The van der Waals surface area contributed by atoms with Crippen LogP contribution in [0.5, 0.6) is 0 Å². The molecule has 2 rings (SSSR count). The summed E-state index contributed by atoms with van der Waals surface area (Å²) in [4.78, 5) is 25.4. The van der Waals surface area contributed by atoms with Crippen LogP contribution in [-0.4, -0.2) is 29.3 Å².